The molecule has 0 spiro atoms. The number of halogens is 1. The number of fused-ring (bicyclic) bond motifs is 1. The smallest absolute Gasteiger partial charge is 0.408 e. The van der Waals surface area contributed by atoms with E-state index in [0.717, 1.165) is 6.07 Å². The normalized spacial score (nSPS) is 13.4. The van der Waals surface area contributed by atoms with Crippen molar-refractivity contribution in [1.82, 2.24) is 25.0 Å². The number of anilines is 1. The Morgan fingerprint density at radius 1 is 0.946 bits per heavy atom. The van der Waals surface area contributed by atoms with E-state index in [9.17, 15) is 23.6 Å². The van der Waals surface area contributed by atoms with Crippen LogP contribution in [0.3, 0.4) is 0 Å². The summed E-state index contributed by atoms with van der Waals surface area (Å²) in [5, 5.41) is 8.50. The Hall–Kier alpha value is -5.00. The molecule has 0 unspecified atom stereocenters. The molecule has 3 heterocycles. The quantitative estimate of drug-likeness (QED) is 0.282. The minimum absolute atomic E-state index is 0.0343. The van der Waals surface area contributed by atoms with Gasteiger partial charge < -0.3 is 19.5 Å². The fourth-order valence-corrected chi connectivity index (χ4v) is 4.14. The number of nitrogens with zero attached hydrogens (tertiary/aromatic N) is 3. The molecule has 0 atom stereocenters. The lowest BCUT2D eigenvalue weighted by Crippen LogP contribution is -2.52. The topological polar surface area (TPSA) is 140 Å². The molecule has 1 fully saturated rings. The van der Waals surface area contributed by atoms with Gasteiger partial charge in [0.05, 0.1) is 22.7 Å². The van der Waals surface area contributed by atoms with Crippen LogP contribution in [0.5, 0.6) is 5.75 Å². The largest absolute Gasteiger partial charge is 0.418 e. The van der Waals surface area contributed by atoms with Gasteiger partial charge in [0.1, 0.15) is 11.6 Å². The SMILES string of the molecule is O=C(Nc1ccn[nH]1)Oc1ccc(F)c2c(C(=O)C(=O)N3CCN(C(=O)c4ccccc4)CC3)c[nH]c12. The molecule has 5 rings (SSSR count). The van der Waals surface area contributed by atoms with E-state index in [-0.39, 0.29) is 54.3 Å². The van der Waals surface area contributed by atoms with Gasteiger partial charge in [-0.15, -0.1) is 0 Å². The molecule has 11 nitrogen and oxygen atoms in total. The minimum atomic E-state index is -0.910. The van der Waals surface area contributed by atoms with Gasteiger partial charge in [-0.05, 0) is 24.3 Å². The maximum Gasteiger partial charge on any atom is 0.418 e. The molecular weight excluding hydrogens is 483 g/mol. The van der Waals surface area contributed by atoms with Gasteiger partial charge in [-0.2, -0.15) is 5.10 Å². The number of H-pyrrole nitrogens is 2. The van der Waals surface area contributed by atoms with Crippen LogP contribution >= 0.6 is 0 Å². The molecule has 0 radical (unpaired) electrons. The molecule has 0 aliphatic carbocycles. The Labute approximate surface area is 209 Å². The second-order valence-corrected chi connectivity index (χ2v) is 8.26. The fourth-order valence-electron chi connectivity index (χ4n) is 4.14. The summed E-state index contributed by atoms with van der Waals surface area (Å²) < 4.78 is 20.0. The minimum Gasteiger partial charge on any atom is -0.408 e. The number of Topliss-reactive ketones (excluding diaryl/α,β-unsaturated/α-hetero) is 1. The van der Waals surface area contributed by atoms with Gasteiger partial charge in [-0.3, -0.25) is 24.8 Å². The molecule has 12 heteroatoms. The van der Waals surface area contributed by atoms with Crippen LogP contribution in [0.4, 0.5) is 15.0 Å². The van der Waals surface area contributed by atoms with E-state index in [0.29, 0.717) is 11.4 Å². The summed E-state index contributed by atoms with van der Waals surface area (Å²) in [6.45, 7) is 0.850. The Bertz CT molecular complexity index is 1480. The molecule has 37 heavy (non-hydrogen) atoms. The maximum absolute atomic E-state index is 14.8. The number of benzene rings is 2. The third-order valence-corrected chi connectivity index (χ3v) is 6.00. The molecule has 3 N–H and O–H groups in total. The first-order valence-corrected chi connectivity index (χ1v) is 11.4. The van der Waals surface area contributed by atoms with E-state index < -0.39 is 23.6 Å². The number of ketones is 1. The van der Waals surface area contributed by atoms with E-state index in [1.54, 1.807) is 29.2 Å². The second kappa shape index (κ2) is 9.93. The molecule has 1 aliphatic rings. The van der Waals surface area contributed by atoms with Gasteiger partial charge in [0.15, 0.2) is 5.75 Å². The summed E-state index contributed by atoms with van der Waals surface area (Å²) in [6, 6.07) is 12.6. The van der Waals surface area contributed by atoms with Crippen LogP contribution in [0.2, 0.25) is 0 Å². The summed E-state index contributed by atoms with van der Waals surface area (Å²) in [6.07, 6.45) is 1.79. The zero-order valence-corrected chi connectivity index (χ0v) is 19.4. The van der Waals surface area contributed by atoms with E-state index in [1.165, 1.54) is 29.4 Å². The van der Waals surface area contributed by atoms with E-state index in [2.05, 4.69) is 20.5 Å². The lowest BCUT2D eigenvalue weighted by Gasteiger charge is -2.34. The third-order valence-electron chi connectivity index (χ3n) is 6.00. The van der Waals surface area contributed by atoms with Crippen LogP contribution in [0, 0.1) is 5.82 Å². The van der Waals surface area contributed by atoms with Gasteiger partial charge in [0.2, 0.25) is 0 Å². The number of ether oxygens (including phenoxy) is 1. The Balaban J connectivity index is 1.28. The molecule has 1 saturated heterocycles. The summed E-state index contributed by atoms with van der Waals surface area (Å²) in [4.78, 5) is 56.5. The van der Waals surface area contributed by atoms with Gasteiger partial charge in [0, 0.05) is 44.0 Å². The number of hydrogen-bond donors (Lipinski definition) is 3. The highest BCUT2D eigenvalue weighted by Gasteiger charge is 2.31. The van der Waals surface area contributed by atoms with E-state index in [4.69, 9.17) is 4.74 Å². The van der Waals surface area contributed by atoms with Crippen LogP contribution < -0.4 is 10.1 Å². The van der Waals surface area contributed by atoms with Crippen LogP contribution in [-0.4, -0.2) is 74.9 Å². The van der Waals surface area contributed by atoms with Gasteiger partial charge in [-0.1, -0.05) is 18.2 Å². The first-order valence-electron chi connectivity index (χ1n) is 11.4. The third kappa shape index (κ3) is 4.76. The fraction of sp³-hybridized carbons (Fsp3) is 0.160. The number of rotatable bonds is 5. The lowest BCUT2D eigenvalue weighted by atomic mass is 10.1. The van der Waals surface area contributed by atoms with Crippen LogP contribution in [-0.2, 0) is 4.79 Å². The average Bonchev–Trinajstić information content (AvgIpc) is 3.60. The number of amides is 3. The molecule has 0 saturated carbocycles. The molecule has 2 aromatic heterocycles. The summed E-state index contributed by atoms with van der Waals surface area (Å²) in [7, 11) is 0. The maximum atomic E-state index is 14.8. The Kier molecular flexibility index (Phi) is 6.37. The van der Waals surface area contributed by atoms with Gasteiger partial charge >= 0.3 is 6.09 Å². The molecule has 188 valence electrons. The van der Waals surface area contributed by atoms with Gasteiger partial charge in [-0.25, -0.2) is 9.18 Å². The van der Waals surface area contributed by atoms with Gasteiger partial charge in [0.25, 0.3) is 17.6 Å². The van der Waals surface area contributed by atoms with Crippen molar-refractivity contribution in [2.75, 3.05) is 31.5 Å². The van der Waals surface area contributed by atoms with Crippen molar-refractivity contribution >= 4 is 40.4 Å². The Morgan fingerprint density at radius 3 is 2.38 bits per heavy atom. The van der Waals surface area contributed by atoms with Crippen molar-refractivity contribution in [3.8, 4) is 5.75 Å². The van der Waals surface area contributed by atoms with Crippen molar-refractivity contribution in [3.63, 3.8) is 0 Å². The number of hydrogen-bond acceptors (Lipinski definition) is 6. The molecule has 3 amide bonds. The van der Waals surface area contributed by atoms with Crippen molar-refractivity contribution < 1.29 is 28.3 Å². The molecule has 2 aromatic carbocycles. The van der Waals surface area contributed by atoms with Crippen LogP contribution in [0.15, 0.2) is 60.9 Å². The number of nitrogens with one attached hydrogen (secondary N) is 3. The van der Waals surface area contributed by atoms with Crippen molar-refractivity contribution in [1.29, 1.82) is 0 Å². The summed E-state index contributed by atoms with van der Waals surface area (Å²) in [5.74, 6) is -2.37. The number of carbonyl (C=O) groups excluding carboxylic acids is 4. The number of carbonyl (C=O) groups is 4. The summed E-state index contributed by atoms with van der Waals surface area (Å²) in [5.41, 5.74) is 0.415. The number of aromatic amines is 2. The number of aromatic nitrogens is 3. The van der Waals surface area contributed by atoms with Crippen LogP contribution in [0.1, 0.15) is 20.7 Å². The standard InChI is InChI=1S/C25H21FN6O5/c26-17-6-7-18(37-25(36)29-19-8-9-28-30-19)21-20(17)16(14-27-21)22(33)24(35)32-12-10-31(11-13-32)23(34)15-4-2-1-3-5-15/h1-9,14,27H,10-13H2,(H2,28,29,30,36). The van der Waals surface area contributed by atoms with Crippen LogP contribution in [0.25, 0.3) is 10.9 Å². The zero-order chi connectivity index (χ0) is 25.9. The van der Waals surface area contributed by atoms with E-state index >= 15 is 0 Å². The monoisotopic (exact) mass is 504 g/mol. The zero-order valence-electron chi connectivity index (χ0n) is 19.4. The lowest BCUT2D eigenvalue weighted by molar-refractivity contribution is -0.127. The first-order chi connectivity index (χ1) is 17.9. The average molecular weight is 504 g/mol. The molecule has 1 aliphatic heterocycles. The first kappa shape index (κ1) is 23.7. The molecular formula is C25H21FN6O5. The molecule has 4 aromatic rings. The van der Waals surface area contributed by atoms with Crippen molar-refractivity contribution in [2.24, 2.45) is 0 Å². The predicted octanol–water partition coefficient (Wildman–Crippen LogP) is 2.81. The predicted molar refractivity (Wildman–Crippen MR) is 130 cm³/mol. The van der Waals surface area contributed by atoms with Crippen molar-refractivity contribution in [2.45, 2.75) is 0 Å². The highest BCUT2D eigenvalue weighted by Crippen LogP contribution is 2.31. The summed E-state index contributed by atoms with van der Waals surface area (Å²) >= 11 is 0. The highest BCUT2D eigenvalue weighted by molar-refractivity contribution is 6.45. The second-order valence-electron chi connectivity index (χ2n) is 8.26. The highest BCUT2D eigenvalue weighted by atomic mass is 19.1. The van der Waals surface area contributed by atoms with E-state index in [1.807, 2.05) is 6.07 Å². The molecule has 0 bridgehead atoms. The number of piperazine rings is 1. The Morgan fingerprint density at radius 2 is 1.68 bits per heavy atom. The van der Waals surface area contributed by atoms with Crippen molar-refractivity contribution in [3.05, 3.63) is 77.9 Å².